The van der Waals surface area contributed by atoms with Crippen LogP contribution in [-0.2, 0) is 9.47 Å². The average Bonchev–Trinajstić information content (AvgIpc) is 2.50. The minimum Gasteiger partial charge on any atom is -0.444 e. The molecule has 1 N–H and O–H groups in total. The number of hydrogen-bond acceptors (Lipinski definition) is 4. The standard InChI is InChI=1S/C12H21NO4/c1-12(2,3)17-11(15)13-5-8-4-9(6-13)16-10(8)7-14/h8-10,14H,4-7H2,1-3H3. The van der Waals surface area contributed by atoms with Gasteiger partial charge in [0.15, 0.2) is 0 Å². The molecule has 0 radical (unpaired) electrons. The average molecular weight is 243 g/mol. The summed E-state index contributed by atoms with van der Waals surface area (Å²) in [7, 11) is 0. The van der Waals surface area contributed by atoms with Gasteiger partial charge in [-0.15, -0.1) is 0 Å². The molecule has 0 aliphatic carbocycles. The van der Waals surface area contributed by atoms with Gasteiger partial charge in [-0.3, -0.25) is 0 Å². The number of aliphatic hydroxyl groups is 1. The molecular formula is C12H21NO4. The van der Waals surface area contributed by atoms with Crippen molar-refractivity contribution in [2.75, 3.05) is 19.7 Å². The zero-order valence-electron chi connectivity index (χ0n) is 10.7. The van der Waals surface area contributed by atoms with E-state index in [-0.39, 0.29) is 30.8 Å². The van der Waals surface area contributed by atoms with Crippen molar-refractivity contribution in [3.63, 3.8) is 0 Å². The highest BCUT2D eigenvalue weighted by atomic mass is 16.6. The van der Waals surface area contributed by atoms with Crippen LogP contribution in [0.3, 0.4) is 0 Å². The fourth-order valence-corrected chi connectivity index (χ4v) is 2.48. The molecule has 2 fully saturated rings. The Morgan fingerprint density at radius 1 is 1.47 bits per heavy atom. The number of amides is 1. The van der Waals surface area contributed by atoms with Crippen LogP contribution in [0.25, 0.3) is 0 Å². The molecule has 2 bridgehead atoms. The molecule has 0 aromatic heterocycles. The van der Waals surface area contributed by atoms with Crippen molar-refractivity contribution < 1.29 is 19.4 Å². The second-order valence-corrected chi connectivity index (χ2v) is 5.86. The van der Waals surface area contributed by atoms with Crippen LogP contribution < -0.4 is 0 Å². The van der Waals surface area contributed by atoms with Crippen LogP contribution in [0.2, 0.25) is 0 Å². The Kier molecular flexibility index (Phi) is 3.32. The Morgan fingerprint density at radius 2 is 2.18 bits per heavy atom. The van der Waals surface area contributed by atoms with Crippen molar-refractivity contribution in [3.8, 4) is 0 Å². The highest BCUT2D eigenvalue weighted by Crippen LogP contribution is 2.32. The molecule has 3 unspecified atom stereocenters. The third kappa shape index (κ3) is 2.90. The number of hydrogen-bond donors (Lipinski definition) is 1. The van der Waals surface area contributed by atoms with Crippen molar-refractivity contribution in [2.45, 2.75) is 45.0 Å². The van der Waals surface area contributed by atoms with E-state index in [1.165, 1.54) is 0 Å². The topological polar surface area (TPSA) is 59.0 Å². The molecule has 98 valence electrons. The second-order valence-electron chi connectivity index (χ2n) is 5.86. The molecule has 0 saturated carbocycles. The maximum absolute atomic E-state index is 11.9. The monoisotopic (exact) mass is 243 g/mol. The van der Waals surface area contributed by atoms with Gasteiger partial charge in [-0.05, 0) is 27.2 Å². The van der Waals surface area contributed by atoms with E-state index in [1.807, 2.05) is 20.8 Å². The van der Waals surface area contributed by atoms with Gasteiger partial charge >= 0.3 is 6.09 Å². The van der Waals surface area contributed by atoms with Gasteiger partial charge in [-0.2, -0.15) is 0 Å². The Balaban J connectivity index is 1.95. The fraction of sp³-hybridized carbons (Fsp3) is 0.917. The molecule has 3 atom stereocenters. The largest absolute Gasteiger partial charge is 0.444 e. The molecule has 2 heterocycles. The van der Waals surface area contributed by atoms with Crippen LogP contribution in [0.1, 0.15) is 27.2 Å². The van der Waals surface area contributed by atoms with Crippen molar-refractivity contribution >= 4 is 6.09 Å². The minimum absolute atomic E-state index is 0.0311. The number of piperidine rings is 1. The Bertz CT molecular complexity index is 299. The number of carbonyl (C=O) groups excluding carboxylic acids is 1. The van der Waals surface area contributed by atoms with Gasteiger partial charge in [0.25, 0.3) is 0 Å². The van der Waals surface area contributed by atoms with Crippen LogP contribution in [0, 0.1) is 5.92 Å². The third-order valence-corrected chi connectivity index (χ3v) is 3.17. The molecule has 2 saturated heterocycles. The van der Waals surface area contributed by atoms with E-state index in [9.17, 15) is 4.79 Å². The Labute approximate surface area is 102 Å². The summed E-state index contributed by atoms with van der Waals surface area (Å²) in [5.74, 6) is 0.242. The fourth-order valence-electron chi connectivity index (χ4n) is 2.48. The molecule has 0 aromatic rings. The number of carbonyl (C=O) groups is 1. The zero-order chi connectivity index (χ0) is 12.6. The molecule has 2 aliphatic rings. The van der Waals surface area contributed by atoms with Gasteiger partial charge in [0.2, 0.25) is 0 Å². The predicted octanol–water partition coefficient (Wildman–Crippen LogP) is 1.00. The summed E-state index contributed by atoms with van der Waals surface area (Å²) < 4.78 is 11.0. The summed E-state index contributed by atoms with van der Waals surface area (Å²) >= 11 is 0. The number of nitrogens with zero attached hydrogens (tertiary/aromatic N) is 1. The van der Waals surface area contributed by atoms with Gasteiger partial charge in [-0.1, -0.05) is 0 Å². The molecule has 0 aromatic carbocycles. The Morgan fingerprint density at radius 3 is 2.76 bits per heavy atom. The molecule has 2 rings (SSSR count). The van der Waals surface area contributed by atoms with Crippen LogP contribution in [0.4, 0.5) is 4.79 Å². The minimum atomic E-state index is -0.467. The SMILES string of the molecule is CC(C)(C)OC(=O)N1CC2CC(C1)C(CO)O2. The van der Waals surface area contributed by atoms with Crippen molar-refractivity contribution in [3.05, 3.63) is 0 Å². The van der Waals surface area contributed by atoms with E-state index in [4.69, 9.17) is 14.6 Å². The van der Waals surface area contributed by atoms with Gasteiger partial charge in [-0.25, -0.2) is 4.79 Å². The lowest BCUT2D eigenvalue weighted by Gasteiger charge is -2.32. The number of aliphatic hydroxyl groups excluding tert-OH is 1. The molecule has 0 spiro atoms. The van der Waals surface area contributed by atoms with Crippen molar-refractivity contribution in [2.24, 2.45) is 5.92 Å². The normalized spacial score (nSPS) is 32.7. The first kappa shape index (κ1) is 12.6. The maximum atomic E-state index is 11.9. The summed E-state index contributed by atoms with van der Waals surface area (Å²) in [4.78, 5) is 13.6. The lowest BCUT2D eigenvalue weighted by atomic mass is 9.95. The quantitative estimate of drug-likeness (QED) is 0.746. The third-order valence-electron chi connectivity index (χ3n) is 3.17. The van der Waals surface area contributed by atoms with Gasteiger partial charge in [0, 0.05) is 12.5 Å². The lowest BCUT2D eigenvalue weighted by Crippen LogP contribution is -2.45. The number of rotatable bonds is 1. The summed E-state index contributed by atoms with van der Waals surface area (Å²) in [5, 5.41) is 9.16. The van der Waals surface area contributed by atoms with Crippen LogP contribution in [-0.4, -0.2) is 53.6 Å². The first-order valence-corrected chi connectivity index (χ1v) is 6.13. The molecule has 5 heteroatoms. The molecule has 1 amide bonds. The van der Waals surface area contributed by atoms with Crippen LogP contribution >= 0.6 is 0 Å². The van der Waals surface area contributed by atoms with E-state index in [0.29, 0.717) is 13.1 Å². The zero-order valence-corrected chi connectivity index (χ0v) is 10.7. The summed E-state index contributed by atoms with van der Waals surface area (Å²) in [6.45, 7) is 6.80. The lowest BCUT2D eigenvalue weighted by molar-refractivity contribution is -0.00122. The van der Waals surface area contributed by atoms with E-state index in [0.717, 1.165) is 6.42 Å². The number of ether oxygens (including phenoxy) is 2. The van der Waals surface area contributed by atoms with Crippen LogP contribution in [0.5, 0.6) is 0 Å². The summed E-state index contributed by atoms with van der Waals surface area (Å²) in [6, 6.07) is 0. The molecule has 17 heavy (non-hydrogen) atoms. The first-order valence-electron chi connectivity index (χ1n) is 6.13. The molecular weight excluding hydrogens is 222 g/mol. The predicted molar refractivity (Wildman–Crippen MR) is 61.7 cm³/mol. The van der Waals surface area contributed by atoms with E-state index in [1.54, 1.807) is 4.90 Å². The number of likely N-dealkylation sites (tertiary alicyclic amines) is 1. The highest BCUT2D eigenvalue weighted by Gasteiger charge is 2.42. The highest BCUT2D eigenvalue weighted by molar-refractivity contribution is 5.68. The molecule has 2 aliphatic heterocycles. The Hall–Kier alpha value is -0.810. The first-order chi connectivity index (χ1) is 7.89. The van der Waals surface area contributed by atoms with E-state index < -0.39 is 5.60 Å². The van der Waals surface area contributed by atoms with Gasteiger partial charge < -0.3 is 19.5 Å². The van der Waals surface area contributed by atoms with Crippen molar-refractivity contribution in [1.29, 1.82) is 0 Å². The maximum Gasteiger partial charge on any atom is 0.410 e. The smallest absolute Gasteiger partial charge is 0.410 e. The van der Waals surface area contributed by atoms with Gasteiger partial charge in [0.1, 0.15) is 5.60 Å². The van der Waals surface area contributed by atoms with Crippen LogP contribution in [0.15, 0.2) is 0 Å². The summed E-state index contributed by atoms with van der Waals surface area (Å²) in [6.07, 6.45) is 0.588. The van der Waals surface area contributed by atoms with E-state index >= 15 is 0 Å². The molecule has 5 nitrogen and oxygen atoms in total. The second kappa shape index (κ2) is 4.46. The van der Waals surface area contributed by atoms with Crippen molar-refractivity contribution in [1.82, 2.24) is 4.90 Å². The summed E-state index contributed by atoms with van der Waals surface area (Å²) in [5.41, 5.74) is -0.467. The number of fused-ring (bicyclic) bond motifs is 2. The van der Waals surface area contributed by atoms with Gasteiger partial charge in [0.05, 0.1) is 25.4 Å². The van der Waals surface area contributed by atoms with E-state index in [2.05, 4.69) is 0 Å².